The van der Waals surface area contributed by atoms with Crippen LogP contribution in [0.2, 0.25) is 0 Å². The number of carbonyl (C=O) groups is 1. The summed E-state index contributed by atoms with van der Waals surface area (Å²) in [5.74, 6) is 0.191. The van der Waals surface area contributed by atoms with E-state index in [4.69, 9.17) is 25.2 Å². The summed E-state index contributed by atoms with van der Waals surface area (Å²) >= 11 is 0. The van der Waals surface area contributed by atoms with E-state index in [0.29, 0.717) is 37.4 Å². The molecule has 0 radical (unpaired) electrons. The van der Waals surface area contributed by atoms with E-state index in [1.807, 2.05) is 103 Å². The molecule has 0 atom stereocenters. The van der Waals surface area contributed by atoms with Gasteiger partial charge in [0.15, 0.2) is 5.54 Å². The van der Waals surface area contributed by atoms with Crippen LogP contribution in [0, 0.1) is 0 Å². The van der Waals surface area contributed by atoms with Crippen molar-refractivity contribution in [3.05, 3.63) is 215 Å². The molecule has 0 fully saturated rings. The number of nitrogens with zero attached hydrogens (tertiary/aromatic N) is 6. The SMILES string of the molecule is CCCn1nc(Cc2ccc(-c3ccccc3-c3nnn(C(c4ccccc4)(c4ccccc4)c4ccccc4)n3)cc2)c(C(=O)OCC)c1Cc1ccccc1. The van der Waals surface area contributed by atoms with Crippen molar-refractivity contribution in [2.45, 2.75) is 45.2 Å². The van der Waals surface area contributed by atoms with E-state index in [1.54, 1.807) is 4.80 Å². The van der Waals surface area contributed by atoms with E-state index in [1.165, 1.54) is 0 Å². The maximum Gasteiger partial charge on any atom is 0.341 e. The lowest BCUT2D eigenvalue weighted by Crippen LogP contribution is -2.39. The normalized spacial score (nSPS) is 11.4. The van der Waals surface area contributed by atoms with E-state index in [2.05, 4.69) is 85.8 Å². The molecule has 0 N–H and O–H groups in total. The third-order valence-electron chi connectivity index (χ3n) is 10.4. The quantitative estimate of drug-likeness (QED) is 0.0813. The minimum atomic E-state index is -0.876. The maximum atomic E-state index is 13.5. The van der Waals surface area contributed by atoms with Gasteiger partial charge in [-0.3, -0.25) is 4.68 Å². The molecule has 0 aliphatic rings. The fourth-order valence-electron chi connectivity index (χ4n) is 7.75. The second-order valence-corrected chi connectivity index (χ2v) is 14.0. The second kappa shape index (κ2) is 16.8. The molecule has 8 nitrogen and oxygen atoms in total. The van der Waals surface area contributed by atoms with Crippen molar-refractivity contribution in [3.63, 3.8) is 0 Å². The van der Waals surface area contributed by atoms with Gasteiger partial charge in [0, 0.05) is 24.9 Å². The van der Waals surface area contributed by atoms with E-state index in [-0.39, 0.29) is 5.97 Å². The first-order valence-corrected chi connectivity index (χ1v) is 19.6. The summed E-state index contributed by atoms with van der Waals surface area (Å²) < 4.78 is 7.58. The summed E-state index contributed by atoms with van der Waals surface area (Å²) in [6.45, 7) is 4.97. The highest BCUT2D eigenvalue weighted by atomic mass is 16.5. The molecule has 0 unspecified atom stereocenters. The molecule has 282 valence electrons. The van der Waals surface area contributed by atoms with Crippen LogP contribution >= 0.6 is 0 Å². The fourth-order valence-corrected chi connectivity index (χ4v) is 7.75. The van der Waals surface area contributed by atoms with Crippen molar-refractivity contribution in [2.75, 3.05) is 6.61 Å². The van der Waals surface area contributed by atoms with Crippen molar-refractivity contribution in [2.24, 2.45) is 0 Å². The number of aryl methyl sites for hydroxylation is 1. The topological polar surface area (TPSA) is 87.7 Å². The number of rotatable bonds is 14. The van der Waals surface area contributed by atoms with Crippen molar-refractivity contribution in [3.8, 4) is 22.5 Å². The Kier molecular flexibility index (Phi) is 10.9. The fraction of sp³-hybridized carbons (Fsp3) is 0.163. The predicted molar refractivity (Wildman–Crippen MR) is 224 cm³/mol. The van der Waals surface area contributed by atoms with E-state index in [0.717, 1.165) is 62.3 Å². The Balaban J connectivity index is 1.15. The number of tetrazole rings is 1. The summed E-state index contributed by atoms with van der Waals surface area (Å²) in [5.41, 5.74) is 9.39. The third-order valence-corrected chi connectivity index (χ3v) is 10.4. The Morgan fingerprint density at radius 2 is 1.12 bits per heavy atom. The Bertz CT molecular complexity index is 2450. The standard InChI is InChI=1S/C49H44N6O2/c1-3-33-54-45(35-36-19-9-5-10-20-36)46(48(56)57-4-2)44(51-54)34-37-29-31-38(32-30-37)42-27-17-18-28-43(42)47-50-53-55(52-47)49(39-21-11-6-12-22-39,40-23-13-7-14-24-40)41-25-15-8-16-26-41/h5-32H,3-4,33-35H2,1-2H3. The zero-order chi connectivity index (χ0) is 39.0. The van der Waals surface area contributed by atoms with Crippen molar-refractivity contribution >= 4 is 5.97 Å². The smallest absolute Gasteiger partial charge is 0.341 e. The van der Waals surface area contributed by atoms with Crippen molar-refractivity contribution in [1.29, 1.82) is 0 Å². The molecule has 0 amide bonds. The van der Waals surface area contributed by atoms with Crippen molar-refractivity contribution in [1.82, 2.24) is 30.0 Å². The van der Waals surface area contributed by atoms with Gasteiger partial charge in [-0.1, -0.05) is 177 Å². The van der Waals surface area contributed by atoms with Crippen LogP contribution in [0.5, 0.6) is 0 Å². The van der Waals surface area contributed by atoms with Crippen LogP contribution in [-0.2, 0) is 29.7 Å². The summed E-state index contributed by atoms with van der Waals surface area (Å²) in [6, 6.07) is 57.8. The van der Waals surface area contributed by atoms with Gasteiger partial charge >= 0.3 is 5.97 Å². The minimum absolute atomic E-state index is 0.296. The van der Waals surface area contributed by atoms with E-state index >= 15 is 0 Å². The number of carbonyl (C=O) groups excluding carboxylic acids is 1. The predicted octanol–water partition coefficient (Wildman–Crippen LogP) is 9.81. The molecular weight excluding hydrogens is 705 g/mol. The zero-order valence-electron chi connectivity index (χ0n) is 32.2. The first-order chi connectivity index (χ1) is 28.1. The van der Waals surface area contributed by atoms with Gasteiger partial charge in [0.2, 0.25) is 5.82 Å². The largest absolute Gasteiger partial charge is 0.462 e. The molecule has 0 aliphatic carbocycles. The van der Waals surface area contributed by atoms with Crippen LogP contribution < -0.4 is 0 Å². The first-order valence-electron chi connectivity index (χ1n) is 19.6. The van der Waals surface area contributed by atoms with Gasteiger partial charge < -0.3 is 4.74 Å². The van der Waals surface area contributed by atoms with Gasteiger partial charge in [-0.2, -0.15) is 5.10 Å². The molecule has 0 saturated heterocycles. The number of ether oxygens (including phenoxy) is 1. The molecule has 2 heterocycles. The monoisotopic (exact) mass is 748 g/mol. The van der Waals surface area contributed by atoms with Crippen LogP contribution in [0.1, 0.15) is 69.8 Å². The minimum Gasteiger partial charge on any atom is -0.462 e. The Morgan fingerprint density at radius 3 is 1.68 bits per heavy atom. The highest BCUT2D eigenvalue weighted by Crippen LogP contribution is 2.40. The number of hydrogen-bond acceptors (Lipinski definition) is 6. The highest BCUT2D eigenvalue weighted by molar-refractivity contribution is 5.92. The summed E-state index contributed by atoms with van der Waals surface area (Å²) in [5, 5.41) is 19.7. The number of benzene rings is 6. The zero-order valence-corrected chi connectivity index (χ0v) is 32.2. The lowest BCUT2D eigenvalue weighted by atomic mass is 9.77. The molecule has 2 aromatic heterocycles. The lowest BCUT2D eigenvalue weighted by molar-refractivity contribution is 0.0524. The van der Waals surface area contributed by atoms with Gasteiger partial charge in [-0.05, 0) is 57.5 Å². The van der Waals surface area contributed by atoms with Crippen LogP contribution in [0.4, 0.5) is 0 Å². The van der Waals surface area contributed by atoms with Gasteiger partial charge in [-0.25, -0.2) is 4.79 Å². The maximum absolute atomic E-state index is 13.5. The van der Waals surface area contributed by atoms with Crippen molar-refractivity contribution < 1.29 is 9.53 Å². The highest BCUT2D eigenvalue weighted by Gasteiger charge is 2.41. The average molecular weight is 749 g/mol. The summed E-state index contributed by atoms with van der Waals surface area (Å²) in [4.78, 5) is 15.3. The van der Waals surface area contributed by atoms with Crippen LogP contribution in [-0.4, -0.2) is 42.6 Å². The molecule has 6 aromatic carbocycles. The second-order valence-electron chi connectivity index (χ2n) is 14.0. The Morgan fingerprint density at radius 1 is 0.596 bits per heavy atom. The number of esters is 1. The number of hydrogen-bond donors (Lipinski definition) is 0. The Hall–Kier alpha value is -6.93. The average Bonchev–Trinajstić information content (AvgIpc) is 3.88. The van der Waals surface area contributed by atoms with Gasteiger partial charge in [0.25, 0.3) is 0 Å². The molecule has 0 aliphatic heterocycles. The molecule has 8 aromatic rings. The van der Waals surface area contributed by atoms with E-state index < -0.39 is 5.54 Å². The van der Waals surface area contributed by atoms with Crippen LogP contribution in [0.25, 0.3) is 22.5 Å². The first kappa shape index (κ1) is 37.0. The molecule has 0 bridgehead atoms. The van der Waals surface area contributed by atoms with Gasteiger partial charge in [0.05, 0.1) is 18.0 Å². The summed E-state index contributed by atoms with van der Waals surface area (Å²) in [6.07, 6.45) is 1.98. The number of aromatic nitrogens is 6. The molecule has 8 rings (SSSR count). The third kappa shape index (κ3) is 7.42. The van der Waals surface area contributed by atoms with Gasteiger partial charge in [0.1, 0.15) is 5.56 Å². The van der Waals surface area contributed by atoms with Crippen LogP contribution in [0.15, 0.2) is 170 Å². The molecule has 57 heavy (non-hydrogen) atoms. The van der Waals surface area contributed by atoms with E-state index in [9.17, 15) is 4.79 Å². The molecular formula is C49H44N6O2. The lowest BCUT2D eigenvalue weighted by Gasteiger charge is -2.34. The Labute approximate surface area is 333 Å². The summed E-state index contributed by atoms with van der Waals surface area (Å²) in [7, 11) is 0. The van der Waals surface area contributed by atoms with Gasteiger partial charge in [-0.15, -0.1) is 15.0 Å². The molecule has 0 spiro atoms. The molecule has 8 heteroatoms. The van der Waals surface area contributed by atoms with Crippen LogP contribution in [0.3, 0.4) is 0 Å². The molecule has 0 saturated carbocycles.